The lowest BCUT2D eigenvalue weighted by Gasteiger charge is -2.09. The highest BCUT2D eigenvalue weighted by molar-refractivity contribution is 5.92. The molecule has 1 aromatic rings. The van der Waals surface area contributed by atoms with Crippen molar-refractivity contribution in [1.82, 2.24) is 15.5 Å². The van der Waals surface area contributed by atoms with Crippen molar-refractivity contribution in [3.63, 3.8) is 0 Å². The number of hydrogen-bond acceptors (Lipinski definition) is 3. The number of aliphatic hydroxyl groups is 1. The van der Waals surface area contributed by atoms with E-state index in [0.717, 1.165) is 12.1 Å². The van der Waals surface area contributed by atoms with Crippen LogP contribution >= 0.6 is 0 Å². The minimum absolute atomic E-state index is 0.247. The summed E-state index contributed by atoms with van der Waals surface area (Å²) < 4.78 is 0. The monoisotopic (exact) mass is 239 g/mol. The largest absolute Gasteiger partial charge is 0.391 e. The van der Waals surface area contributed by atoms with Crippen molar-refractivity contribution in [3.8, 4) is 0 Å². The second-order valence-electron chi connectivity index (χ2n) is 4.52. The third-order valence-electron chi connectivity index (χ3n) is 2.57. The van der Waals surface area contributed by atoms with Crippen LogP contribution in [0.5, 0.6) is 0 Å². The Bertz CT molecular complexity index is 360. The first kappa shape index (κ1) is 13.7. The molecule has 0 saturated carbocycles. The number of aromatic nitrogens is 2. The molecule has 5 nitrogen and oxygen atoms in total. The normalized spacial score (nSPS) is 12.8. The van der Waals surface area contributed by atoms with Gasteiger partial charge in [-0.05, 0) is 18.4 Å². The summed E-state index contributed by atoms with van der Waals surface area (Å²) in [7, 11) is 0. The summed E-state index contributed by atoms with van der Waals surface area (Å²) in [6, 6.07) is 1.74. The van der Waals surface area contributed by atoms with E-state index in [1.165, 1.54) is 0 Å². The molecule has 0 spiro atoms. The third kappa shape index (κ3) is 4.19. The average molecular weight is 239 g/mol. The lowest BCUT2D eigenvalue weighted by Crippen LogP contribution is -2.32. The van der Waals surface area contributed by atoms with Gasteiger partial charge in [0, 0.05) is 12.2 Å². The van der Waals surface area contributed by atoms with Crippen LogP contribution in [0.3, 0.4) is 0 Å². The van der Waals surface area contributed by atoms with Gasteiger partial charge in [-0.25, -0.2) is 0 Å². The molecule has 5 heteroatoms. The fraction of sp³-hybridized carbons (Fsp3) is 0.667. The SMILES string of the molecule is CCCC(O)CNC(=O)c1cc(C(C)C)[nH]n1. The van der Waals surface area contributed by atoms with Crippen LogP contribution in [-0.2, 0) is 0 Å². The Morgan fingerprint density at radius 3 is 2.82 bits per heavy atom. The summed E-state index contributed by atoms with van der Waals surface area (Å²) in [5.41, 5.74) is 1.31. The molecule has 0 aliphatic heterocycles. The van der Waals surface area contributed by atoms with Crippen molar-refractivity contribution in [2.45, 2.75) is 45.6 Å². The molecule has 1 atom stereocenters. The third-order valence-corrected chi connectivity index (χ3v) is 2.57. The van der Waals surface area contributed by atoms with Gasteiger partial charge in [0.05, 0.1) is 6.10 Å². The molecular formula is C12H21N3O2. The Kier molecular flexibility index (Phi) is 5.15. The van der Waals surface area contributed by atoms with Crippen molar-refractivity contribution < 1.29 is 9.90 Å². The first-order valence-corrected chi connectivity index (χ1v) is 6.06. The molecule has 0 aromatic carbocycles. The van der Waals surface area contributed by atoms with Gasteiger partial charge in [0.25, 0.3) is 5.91 Å². The average Bonchev–Trinajstić information content (AvgIpc) is 2.75. The van der Waals surface area contributed by atoms with Crippen LogP contribution in [0.4, 0.5) is 0 Å². The van der Waals surface area contributed by atoms with E-state index in [-0.39, 0.29) is 12.5 Å². The highest BCUT2D eigenvalue weighted by atomic mass is 16.3. The van der Waals surface area contributed by atoms with Crippen LogP contribution in [0.25, 0.3) is 0 Å². The molecule has 0 aliphatic carbocycles. The summed E-state index contributed by atoms with van der Waals surface area (Å²) in [5.74, 6) is 0.0676. The fourth-order valence-electron chi connectivity index (χ4n) is 1.49. The first-order chi connectivity index (χ1) is 8.04. The summed E-state index contributed by atoms with van der Waals surface area (Å²) >= 11 is 0. The maximum absolute atomic E-state index is 11.7. The van der Waals surface area contributed by atoms with Crippen LogP contribution < -0.4 is 5.32 Å². The lowest BCUT2D eigenvalue weighted by molar-refractivity contribution is 0.0905. The number of aromatic amines is 1. The number of nitrogens with zero attached hydrogens (tertiary/aromatic N) is 1. The smallest absolute Gasteiger partial charge is 0.271 e. The predicted molar refractivity (Wildman–Crippen MR) is 65.9 cm³/mol. The molecule has 1 amide bonds. The Morgan fingerprint density at radius 1 is 1.59 bits per heavy atom. The van der Waals surface area contributed by atoms with Gasteiger partial charge in [0.15, 0.2) is 0 Å². The minimum Gasteiger partial charge on any atom is -0.391 e. The van der Waals surface area contributed by atoms with Gasteiger partial charge in [0.2, 0.25) is 0 Å². The number of carbonyl (C=O) groups excluding carboxylic acids is 1. The van der Waals surface area contributed by atoms with Gasteiger partial charge in [-0.3, -0.25) is 9.89 Å². The van der Waals surface area contributed by atoms with Crippen molar-refractivity contribution in [2.75, 3.05) is 6.54 Å². The Balaban J connectivity index is 2.46. The van der Waals surface area contributed by atoms with Crippen LogP contribution in [0.1, 0.15) is 55.7 Å². The Morgan fingerprint density at radius 2 is 2.29 bits per heavy atom. The number of aliphatic hydroxyl groups excluding tert-OH is 1. The van der Waals surface area contributed by atoms with Crippen LogP contribution in [0.15, 0.2) is 6.07 Å². The predicted octanol–water partition coefficient (Wildman–Crippen LogP) is 1.42. The van der Waals surface area contributed by atoms with Gasteiger partial charge in [0.1, 0.15) is 5.69 Å². The molecule has 0 bridgehead atoms. The summed E-state index contributed by atoms with van der Waals surface area (Å²) in [6.07, 6.45) is 1.11. The van der Waals surface area contributed by atoms with E-state index in [1.54, 1.807) is 6.07 Å². The topological polar surface area (TPSA) is 78.0 Å². The molecule has 0 saturated heterocycles. The van der Waals surface area contributed by atoms with Gasteiger partial charge < -0.3 is 10.4 Å². The quantitative estimate of drug-likeness (QED) is 0.702. The zero-order valence-corrected chi connectivity index (χ0v) is 10.7. The summed E-state index contributed by atoms with van der Waals surface area (Å²) in [6.45, 7) is 6.32. The van der Waals surface area contributed by atoms with Gasteiger partial charge in [-0.1, -0.05) is 27.2 Å². The molecule has 1 rings (SSSR count). The van der Waals surface area contributed by atoms with E-state index in [4.69, 9.17) is 0 Å². The second kappa shape index (κ2) is 6.39. The first-order valence-electron chi connectivity index (χ1n) is 6.06. The molecule has 1 heterocycles. The van der Waals surface area contributed by atoms with E-state index in [2.05, 4.69) is 15.5 Å². The summed E-state index contributed by atoms with van der Waals surface area (Å²) in [4.78, 5) is 11.7. The highest BCUT2D eigenvalue weighted by Gasteiger charge is 2.13. The van der Waals surface area contributed by atoms with Crippen LogP contribution in [-0.4, -0.2) is 33.9 Å². The number of nitrogens with one attached hydrogen (secondary N) is 2. The van der Waals surface area contributed by atoms with Crippen molar-refractivity contribution in [3.05, 3.63) is 17.5 Å². The van der Waals surface area contributed by atoms with Crippen LogP contribution in [0.2, 0.25) is 0 Å². The number of rotatable bonds is 6. The highest BCUT2D eigenvalue weighted by Crippen LogP contribution is 2.11. The molecular weight excluding hydrogens is 218 g/mol. The van der Waals surface area contributed by atoms with Crippen LogP contribution in [0, 0.1) is 0 Å². The van der Waals surface area contributed by atoms with E-state index in [9.17, 15) is 9.90 Å². The summed E-state index contributed by atoms with van der Waals surface area (Å²) in [5, 5.41) is 18.9. The van der Waals surface area contributed by atoms with Crippen molar-refractivity contribution in [1.29, 1.82) is 0 Å². The molecule has 1 aromatic heterocycles. The van der Waals surface area contributed by atoms with E-state index >= 15 is 0 Å². The number of carbonyl (C=O) groups is 1. The molecule has 3 N–H and O–H groups in total. The molecule has 0 radical (unpaired) electrons. The maximum atomic E-state index is 11.7. The zero-order valence-electron chi connectivity index (χ0n) is 10.7. The van der Waals surface area contributed by atoms with Crippen molar-refractivity contribution >= 4 is 5.91 Å². The fourth-order valence-corrected chi connectivity index (χ4v) is 1.49. The Labute approximate surface area is 102 Å². The molecule has 96 valence electrons. The number of hydrogen-bond donors (Lipinski definition) is 3. The second-order valence-corrected chi connectivity index (χ2v) is 4.52. The number of amides is 1. The van der Waals surface area contributed by atoms with E-state index in [1.807, 2.05) is 20.8 Å². The molecule has 17 heavy (non-hydrogen) atoms. The zero-order chi connectivity index (χ0) is 12.8. The standard InChI is InChI=1S/C12H21N3O2/c1-4-5-9(16)7-13-12(17)11-6-10(8(2)3)14-15-11/h6,8-9,16H,4-5,7H2,1-3H3,(H,13,17)(H,14,15). The molecule has 1 unspecified atom stereocenters. The minimum atomic E-state index is -0.479. The van der Waals surface area contributed by atoms with E-state index in [0.29, 0.717) is 18.0 Å². The van der Waals surface area contributed by atoms with Crippen molar-refractivity contribution in [2.24, 2.45) is 0 Å². The number of H-pyrrole nitrogens is 1. The van der Waals surface area contributed by atoms with E-state index < -0.39 is 6.10 Å². The van der Waals surface area contributed by atoms with Gasteiger partial charge >= 0.3 is 0 Å². The maximum Gasteiger partial charge on any atom is 0.271 e. The molecule has 0 aliphatic rings. The Hall–Kier alpha value is -1.36. The lowest BCUT2D eigenvalue weighted by atomic mass is 10.1. The van der Waals surface area contributed by atoms with Gasteiger partial charge in [-0.2, -0.15) is 5.10 Å². The molecule has 0 fully saturated rings. The van der Waals surface area contributed by atoms with Gasteiger partial charge in [-0.15, -0.1) is 0 Å².